The molecular formula is C16H12F2N4O. The lowest BCUT2D eigenvalue weighted by Crippen LogP contribution is -2.20. The summed E-state index contributed by atoms with van der Waals surface area (Å²) in [6, 6.07) is 8.82. The maximum atomic E-state index is 13.5. The average Bonchev–Trinajstić information content (AvgIpc) is 2.86. The Bertz CT molecular complexity index is 897. The van der Waals surface area contributed by atoms with Crippen LogP contribution in [0.3, 0.4) is 0 Å². The fourth-order valence-electron chi connectivity index (χ4n) is 2.23. The van der Waals surface area contributed by atoms with E-state index in [0.717, 1.165) is 18.3 Å². The molecule has 5 nitrogen and oxygen atoms in total. The normalized spacial score (nSPS) is 11.3. The van der Waals surface area contributed by atoms with Crippen LogP contribution >= 0.6 is 0 Å². The van der Waals surface area contributed by atoms with Crippen molar-refractivity contribution >= 4 is 17.8 Å². The minimum Gasteiger partial charge on any atom is -0.295 e. The number of hydrogen-bond acceptors (Lipinski definition) is 3. The number of halogens is 2. The Hall–Kier alpha value is -3.09. The monoisotopic (exact) mass is 314 g/mol. The standard InChI is InChI=1S/C16H12F2N4O/c1-10-15(22-8-3-2-7-14(22)20-10)16(23)21-19-9-11-12(17)5-4-6-13(11)18/h2-9H,1H3,(H,21,23). The molecule has 1 N–H and O–H groups in total. The first-order valence-corrected chi connectivity index (χ1v) is 6.79. The van der Waals surface area contributed by atoms with Crippen LogP contribution in [0, 0.1) is 18.6 Å². The minimum atomic E-state index is -0.756. The van der Waals surface area contributed by atoms with E-state index in [1.54, 1.807) is 29.7 Å². The number of aromatic nitrogens is 2. The van der Waals surface area contributed by atoms with E-state index < -0.39 is 17.5 Å². The number of benzene rings is 1. The quantitative estimate of drug-likeness (QED) is 0.597. The molecule has 116 valence electrons. The highest BCUT2D eigenvalue weighted by Crippen LogP contribution is 2.12. The van der Waals surface area contributed by atoms with E-state index >= 15 is 0 Å². The van der Waals surface area contributed by atoms with Crippen LogP contribution in [0.1, 0.15) is 21.7 Å². The molecule has 0 radical (unpaired) electrons. The highest BCUT2D eigenvalue weighted by Gasteiger charge is 2.15. The first-order valence-electron chi connectivity index (χ1n) is 6.79. The molecule has 7 heteroatoms. The Morgan fingerprint density at radius 3 is 2.70 bits per heavy atom. The first kappa shape index (κ1) is 14.8. The number of amides is 1. The van der Waals surface area contributed by atoms with Gasteiger partial charge in [-0.25, -0.2) is 19.2 Å². The van der Waals surface area contributed by atoms with Crippen molar-refractivity contribution in [2.75, 3.05) is 0 Å². The number of fused-ring (bicyclic) bond motifs is 1. The van der Waals surface area contributed by atoms with Gasteiger partial charge in [-0.1, -0.05) is 12.1 Å². The van der Waals surface area contributed by atoms with Crippen LogP contribution in [-0.4, -0.2) is 21.5 Å². The molecule has 23 heavy (non-hydrogen) atoms. The number of nitrogens with one attached hydrogen (secondary N) is 1. The summed E-state index contributed by atoms with van der Waals surface area (Å²) in [6.07, 6.45) is 2.63. The fourth-order valence-corrected chi connectivity index (χ4v) is 2.23. The number of carbonyl (C=O) groups excluding carboxylic acids is 1. The van der Waals surface area contributed by atoms with Gasteiger partial charge >= 0.3 is 0 Å². The van der Waals surface area contributed by atoms with Gasteiger partial charge in [0.1, 0.15) is 23.0 Å². The molecule has 2 aromatic heterocycles. The predicted molar refractivity (Wildman–Crippen MR) is 81.3 cm³/mol. The van der Waals surface area contributed by atoms with Gasteiger partial charge in [-0.05, 0) is 31.2 Å². The van der Waals surface area contributed by atoms with E-state index in [9.17, 15) is 13.6 Å². The van der Waals surface area contributed by atoms with Crippen molar-refractivity contribution in [2.45, 2.75) is 6.92 Å². The lowest BCUT2D eigenvalue weighted by Gasteiger charge is -2.02. The molecule has 0 unspecified atom stereocenters. The number of imidazole rings is 1. The maximum Gasteiger partial charge on any atom is 0.290 e. The zero-order chi connectivity index (χ0) is 16.4. The lowest BCUT2D eigenvalue weighted by molar-refractivity contribution is 0.0948. The molecule has 0 aliphatic heterocycles. The van der Waals surface area contributed by atoms with Gasteiger partial charge < -0.3 is 0 Å². The molecule has 1 aromatic carbocycles. The summed E-state index contributed by atoms with van der Waals surface area (Å²) in [7, 11) is 0. The zero-order valence-corrected chi connectivity index (χ0v) is 12.1. The Kier molecular flexibility index (Phi) is 3.84. The fraction of sp³-hybridized carbons (Fsp3) is 0.0625. The molecule has 0 bridgehead atoms. The second-order valence-electron chi connectivity index (χ2n) is 4.81. The Morgan fingerprint density at radius 1 is 1.22 bits per heavy atom. The third-order valence-electron chi connectivity index (χ3n) is 3.28. The summed E-state index contributed by atoms with van der Waals surface area (Å²) in [5.74, 6) is -2.03. The topological polar surface area (TPSA) is 58.8 Å². The van der Waals surface area contributed by atoms with E-state index in [0.29, 0.717) is 17.0 Å². The molecule has 0 fully saturated rings. The minimum absolute atomic E-state index is 0.312. The smallest absolute Gasteiger partial charge is 0.290 e. The van der Waals surface area contributed by atoms with E-state index in [-0.39, 0.29) is 5.56 Å². The van der Waals surface area contributed by atoms with Crippen molar-refractivity contribution in [1.82, 2.24) is 14.8 Å². The number of hydrogen-bond donors (Lipinski definition) is 1. The summed E-state index contributed by atoms with van der Waals surface area (Å²) in [5, 5.41) is 3.62. The van der Waals surface area contributed by atoms with Crippen molar-refractivity contribution in [3.8, 4) is 0 Å². The van der Waals surface area contributed by atoms with Crippen LogP contribution in [-0.2, 0) is 0 Å². The van der Waals surface area contributed by atoms with Crippen molar-refractivity contribution in [2.24, 2.45) is 5.10 Å². The van der Waals surface area contributed by atoms with Crippen LogP contribution in [0.4, 0.5) is 8.78 Å². The third kappa shape index (κ3) is 2.80. The first-order chi connectivity index (χ1) is 11.1. The van der Waals surface area contributed by atoms with Gasteiger partial charge in [0.05, 0.1) is 17.5 Å². The molecular weight excluding hydrogens is 302 g/mol. The highest BCUT2D eigenvalue weighted by molar-refractivity contribution is 5.95. The van der Waals surface area contributed by atoms with Gasteiger partial charge in [0, 0.05) is 6.20 Å². The maximum absolute atomic E-state index is 13.5. The third-order valence-corrected chi connectivity index (χ3v) is 3.28. The molecule has 3 aromatic rings. The zero-order valence-electron chi connectivity index (χ0n) is 12.1. The summed E-state index contributed by atoms with van der Waals surface area (Å²) >= 11 is 0. The molecule has 1 amide bonds. The number of aryl methyl sites for hydroxylation is 1. The SMILES string of the molecule is Cc1nc2ccccn2c1C(=O)NN=Cc1c(F)cccc1F. The number of pyridine rings is 1. The molecule has 0 saturated heterocycles. The van der Waals surface area contributed by atoms with Crippen LogP contribution in [0.15, 0.2) is 47.7 Å². The van der Waals surface area contributed by atoms with Crippen LogP contribution in [0.5, 0.6) is 0 Å². The van der Waals surface area contributed by atoms with Gasteiger partial charge in [-0.3, -0.25) is 9.20 Å². The van der Waals surface area contributed by atoms with Crippen molar-refractivity contribution in [1.29, 1.82) is 0 Å². The lowest BCUT2D eigenvalue weighted by atomic mass is 10.2. The summed E-state index contributed by atoms with van der Waals surface area (Å²) in [4.78, 5) is 16.5. The number of rotatable bonds is 3. The van der Waals surface area contributed by atoms with E-state index in [2.05, 4.69) is 15.5 Å². The summed E-state index contributed by atoms with van der Waals surface area (Å²) in [6.45, 7) is 1.70. The second kappa shape index (κ2) is 5.96. The van der Waals surface area contributed by atoms with Gasteiger partial charge in [-0.2, -0.15) is 5.10 Å². The van der Waals surface area contributed by atoms with Crippen molar-refractivity contribution in [3.63, 3.8) is 0 Å². The number of hydrazone groups is 1. The molecule has 2 heterocycles. The second-order valence-corrected chi connectivity index (χ2v) is 4.81. The van der Waals surface area contributed by atoms with Crippen molar-refractivity contribution < 1.29 is 13.6 Å². The van der Waals surface area contributed by atoms with Gasteiger partial charge in [0.15, 0.2) is 0 Å². The van der Waals surface area contributed by atoms with Crippen molar-refractivity contribution in [3.05, 3.63) is 71.2 Å². The Labute approximate surface area is 130 Å². The molecule has 0 atom stereocenters. The van der Waals surface area contributed by atoms with E-state index in [1.165, 1.54) is 6.07 Å². The largest absolute Gasteiger partial charge is 0.295 e. The molecule has 0 aliphatic carbocycles. The van der Waals surface area contributed by atoms with Gasteiger partial charge in [0.25, 0.3) is 5.91 Å². The average molecular weight is 314 g/mol. The van der Waals surface area contributed by atoms with Crippen LogP contribution in [0.25, 0.3) is 5.65 Å². The molecule has 0 saturated carbocycles. The van der Waals surface area contributed by atoms with Gasteiger partial charge in [0.2, 0.25) is 0 Å². The highest BCUT2D eigenvalue weighted by atomic mass is 19.1. The number of carbonyl (C=O) groups is 1. The molecule has 0 aliphatic rings. The van der Waals surface area contributed by atoms with Gasteiger partial charge in [-0.15, -0.1) is 0 Å². The van der Waals surface area contributed by atoms with Crippen LogP contribution in [0.2, 0.25) is 0 Å². The molecule has 3 rings (SSSR count). The van der Waals surface area contributed by atoms with E-state index in [1.807, 2.05) is 6.07 Å². The number of nitrogens with zero attached hydrogens (tertiary/aromatic N) is 3. The summed E-state index contributed by atoms with van der Waals surface area (Å²) in [5.41, 5.74) is 3.41. The Morgan fingerprint density at radius 2 is 1.96 bits per heavy atom. The summed E-state index contributed by atoms with van der Waals surface area (Å²) < 4.78 is 28.5. The van der Waals surface area contributed by atoms with Crippen LogP contribution < -0.4 is 5.43 Å². The molecule has 0 spiro atoms. The Balaban J connectivity index is 1.84. The van der Waals surface area contributed by atoms with E-state index in [4.69, 9.17) is 0 Å². The predicted octanol–water partition coefficient (Wildman–Crippen LogP) is 2.68.